The highest BCUT2D eigenvalue weighted by atomic mass is 32.2. The fourth-order valence-electron chi connectivity index (χ4n) is 2.52. The number of thioether (sulfide) groups is 1. The Morgan fingerprint density at radius 3 is 2.62 bits per heavy atom. The molecule has 0 spiro atoms. The average molecular weight is 301 g/mol. The second-order valence-electron chi connectivity index (χ2n) is 5.11. The van der Waals surface area contributed by atoms with E-state index in [-0.39, 0.29) is 5.75 Å². The number of aliphatic carboxylic acids is 1. The molecule has 21 heavy (non-hydrogen) atoms. The number of rotatable bonds is 3. The third kappa shape index (κ3) is 2.25. The molecule has 0 aliphatic rings. The van der Waals surface area contributed by atoms with Crippen LogP contribution in [-0.2, 0) is 4.79 Å². The summed E-state index contributed by atoms with van der Waals surface area (Å²) in [6.07, 6.45) is 0. The number of carboxylic acid groups (broad SMARTS) is 1. The van der Waals surface area contributed by atoms with Crippen LogP contribution in [0, 0.1) is 20.8 Å². The van der Waals surface area contributed by atoms with E-state index in [9.17, 15) is 4.79 Å². The fourth-order valence-corrected chi connectivity index (χ4v) is 3.18. The second kappa shape index (κ2) is 5.04. The van der Waals surface area contributed by atoms with Crippen LogP contribution in [0.1, 0.15) is 16.7 Å². The summed E-state index contributed by atoms with van der Waals surface area (Å²) in [6, 6.07) is 6.28. The van der Waals surface area contributed by atoms with Crippen molar-refractivity contribution < 1.29 is 9.90 Å². The number of aryl methyl sites for hydroxylation is 3. The molecule has 0 aliphatic heterocycles. The molecule has 0 atom stereocenters. The molecule has 2 aromatic heterocycles. The normalized spacial score (nSPS) is 11.4. The molecule has 1 N–H and O–H groups in total. The van der Waals surface area contributed by atoms with Crippen molar-refractivity contribution in [1.29, 1.82) is 0 Å². The Hall–Kier alpha value is -2.08. The summed E-state index contributed by atoms with van der Waals surface area (Å²) in [4.78, 5) is 10.8. The van der Waals surface area contributed by atoms with Gasteiger partial charge in [0, 0.05) is 5.39 Å². The minimum atomic E-state index is -0.860. The molecule has 0 aliphatic carbocycles. The number of pyridine rings is 1. The Labute approximate surface area is 126 Å². The van der Waals surface area contributed by atoms with E-state index in [2.05, 4.69) is 35.3 Å². The largest absolute Gasteiger partial charge is 0.481 e. The molecule has 3 aromatic rings. The maximum atomic E-state index is 10.8. The Kier molecular flexibility index (Phi) is 3.33. The first-order valence-corrected chi connectivity index (χ1v) is 7.57. The first kappa shape index (κ1) is 13.9. The highest BCUT2D eigenvalue weighted by molar-refractivity contribution is 7.99. The zero-order valence-corrected chi connectivity index (χ0v) is 12.9. The van der Waals surface area contributed by atoms with Gasteiger partial charge in [0.15, 0.2) is 10.8 Å². The Morgan fingerprint density at radius 2 is 1.90 bits per heavy atom. The number of aromatic nitrogens is 3. The molecular formula is C15H15N3O2S. The average Bonchev–Trinajstić information content (AvgIpc) is 2.85. The summed E-state index contributed by atoms with van der Waals surface area (Å²) in [5.74, 6) is -0.886. The van der Waals surface area contributed by atoms with Crippen LogP contribution in [0.2, 0.25) is 0 Å². The molecule has 0 saturated heterocycles. The van der Waals surface area contributed by atoms with Gasteiger partial charge >= 0.3 is 5.97 Å². The summed E-state index contributed by atoms with van der Waals surface area (Å²) in [6.45, 7) is 6.11. The molecule has 108 valence electrons. The molecule has 0 bridgehead atoms. The Morgan fingerprint density at radius 1 is 1.19 bits per heavy atom. The van der Waals surface area contributed by atoms with Crippen molar-refractivity contribution in [1.82, 2.24) is 14.6 Å². The lowest BCUT2D eigenvalue weighted by molar-refractivity contribution is -0.133. The number of benzene rings is 1. The molecule has 2 heterocycles. The second-order valence-corrected chi connectivity index (χ2v) is 6.06. The maximum absolute atomic E-state index is 10.8. The highest BCUT2D eigenvalue weighted by Crippen LogP contribution is 2.29. The van der Waals surface area contributed by atoms with Crippen LogP contribution in [0.3, 0.4) is 0 Å². The third-order valence-electron chi connectivity index (χ3n) is 3.53. The lowest BCUT2D eigenvalue weighted by Gasteiger charge is -2.11. The summed E-state index contributed by atoms with van der Waals surface area (Å²) < 4.78 is 1.97. The van der Waals surface area contributed by atoms with Gasteiger partial charge in [-0.05, 0) is 43.5 Å². The van der Waals surface area contributed by atoms with Gasteiger partial charge in [-0.2, -0.15) is 0 Å². The van der Waals surface area contributed by atoms with E-state index in [1.165, 1.54) is 17.3 Å². The van der Waals surface area contributed by atoms with Crippen molar-refractivity contribution in [2.24, 2.45) is 0 Å². The lowest BCUT2D eigenvalue weighted by Crippen LogP contribution is -2.01. The van der Waals surface area contributed by atoms with Crippen LogP contribution in [0.25, 0.3) is 16.6 Å². The minimum Gasteiger partial charge on any atom is -0.481 e. The number of carbonyl (C=O) groups is 1. The van der Waals surface area contributed by atoms with E-state index >= 15 is 0 Å². The first-order valence-electron chi connectivity index (χ1n) is 6.58. The predicted molar refractivity (Wildman–Crippen MR) is 83.1 cm³/mol. The molecule has 0 saturated carbocycles. The van der Waals surface area contributed by atoms with E-state index in [1.807, 2.05) is 18.2 Å². The van der Waals surface area contributed by atoms with E-state index in [0.29, 0.717) is 5.16 Å². The molecule has 6 heteroatoms. The third-order valence-corrected chi connectivity index (χ3v) is 4.45. The zero-order valence-electron chi connectivity index (χ0n) is 12.0. The first-order chi connectivity index (χ1) is 9.99. The molecule has 5 nitrogen and oxygen atoms in total. The van der Waals surface area contributed by atoms with Crippen molar-refractivity contribution in [3.05, 3.63) is 34.9 Å². The highest BCUT2D eigenvalue weighted by Gasteiger charge is 2.15. The quantitative estimate of drug-likeness (QED) is 0.753. The van der Waals surface area contributed by atoms with Crippen molar-refractivity contribution in [3.63, 3.8) is 0 Å². The van der Waals surface area contributed by atoms with E-state index in [4.69, 9.17) is 5.11 Å². The lowest BCUT2D eigenvalue weighted by atomic mass is 10.0. The number of fused-ring (bicyclic) bond motifs is 3. The molecule has 0 radical (unpaired) electrons. The van der Waals surface area contributed by atoms with E-state index in [0.717, 1.165) is 27.7 Å². The SMILES string of the molecule is Cc1ccc(C)c2c1cc(C)c1nnc(SCC(=O)O)n12. The van der Waals surface area contributed by atoms with Crippen LogP contribution in [0.15, 0.2) is 23.4 Å². The predicted octanol–water partition coefficient (Wildman–Crippen LogP) is 2.98. The van der Waals surface area contributed by atoms with Gasteiger partial charge in [-0.1, -0.05) is 23.9 Å². The van der Waals surface area contributed by atoms with E-state index in [1.54, 1.807) is 0 Å². The molecule has 3 rings (SSSR count). The van der Waals surface area contributed by atoms with Gasteiger partial charge in [-0.15, -0.1) is 10.2 Å². The van der Waals surface area contributed by atoms with Gasteiger partial charge < -0.3 is 5.11 Å². The molecular weight excluding hydrogens is 286 g/mol. The van der Waals surface area contributed by atoms with E-state index < -0.39 is 5.97 Å². The van der Waals surface area contributed by atoms with Crippen molar-refractivity contribution in [2.75, 3.05) is 5.75 Å². The van der Waals surface area contributed by atoms with Crippen LogP contribution < -0.4 is 0 Å². The number of hydrogen-bond donors (Lipinski definition) is 1. The van der Waals surface area contributed by atoms with Gasteiger partial charge in [0.05, 0.1) is 11.3 Å². The smallest absolute Gasteiger partial charge is 0.313 e. The van der Waals surface area contributed by atoms with Crippen LogP contribution in [0.5, 0.6) is 0 Å². The minimum absolute atomic E-state index is 0.0267. The van der Waals surface area contributed by atoms with Crippen molar-refractivity contribution in [3.8, 4) is 0 Å². The number of hydrogen-bond acceptors (Lipinski definition) is 4. The van der Waals surface area contributed by atoms with Gasteiger partial charge in [-0.25, -0.2) is 0 Å². The fraction of sp³-hybridized carbons (Fsp3) is 0.267. The summed E-state index contributed by atoms with van der Waals surface area (Å²) in [7, 11) is 0. The molecule has 0 amide bonds. The summed E-state index contributed by atoms with van der Waals surface area (Å²) in [5, 5.41) is 19.0. The topological polar surface area (TPSA) is 67.5 Å². The van der Waals surface area contributed by atoms with Gasteiger partial charge in [0.25, 0.3) is 0 Å². The standard InChI is InChI=1S/C15H15N3O2S/c1-8-4-5-9(2)13-11(8)6-10(3)14-16-17-15(18(13)14)21-7-12(19)20/h4-6H,7H2,1-3H3,(H,19,20). The summed E-state index contributed by atoms with van der Waals surface area (Å²) >= 11 is 1.19. The van der Waals surface area contributed by atoms with Crippen LogP contribution in [-0.4, -0.2) is 31.4 Å². The van der Waals surface area contributed by atoms with Gasteiger partial charge in [-0.3, -0.25) is 9.20 Å². The Bertz CT molecular complexity index is 870. The number of carboxylic acids is 1. The van der Waals surface area contributed by atoms with Crippen LogP contribution >= 0.6 is 11.8 Å². The maximum Gasteiger partial charge on any atom is 0.313 e. The van der Waals surface area contributed by atoms with Gasteiger partial charge in [0.2, 0.25) is 0 Å². The number of nitrogens with zero attached hydrogens (tertiary/aromatic N) is 3. The zero-order chi connectivity index (χ0) is 15.1. The van der Waals surface area contributed by atoms with Gasteiger partial charge in [0.1, 0.15) is 0 Å². The Balaban J connectivity index is 2.37. The van der Waals surface area contributed by atoms with Crippen LogP contribution in [0.4, 0.5) is 0 Å². The van der Waals surface area contributed by atoms with Crippen molar-refractivity contribution in [2.45, 2.75) is 25.9 Å². The van der Waals surface area contributed by atoms with Crippen molar-refractivity contribution >= 4 is 34.3 Å². The molecule has 0 unspecified atom stereocenters. The molecule has 0 fully saturated rings. The monoisotopic (exact) mass is 301 g/mol. The molecule has 1 aromatic carbocycles. The summed E-state index contributed by atoms with van der Waals surface area (Å²) in [5.41, 5.74) is 5.17.